The van der Waals surface area contributed by atoms with Crippen molar-refractivity contribution in [1.82, 2.24) is 0 Å². The van der Waals surface area contributed by atoms with E-state index < -0.39 is 17.9 Å². The van der Waals surface area contributed by atoms with Crippen molar-refractivity contribution in [1.29, 1.82) is 0 Å². The summed E-state index contributed by atoms with van der Waals surface area (Å²) in [5.41, 5.74) is 0.776. The van der Waals surface area contributed by atoms with Gasteiger partial charge >= 0.3 is 11.9 Å². The van der Waals surface area contributed by atoms with Crippen molar-refractivity contribution in [3.63, 3.8) is 0 Å². The second kappa shape index (κ2) is 11.2. The molecule has 1 rings (SSSR count). The molecule has 1 aromatic rings. The van der Waals surface area contributed by atoms with Crippen LogP contribution in [0.4, 0.5) is 0 Å². The van der Waals surface area contributed by atoms with Gasteiger partial charge in [0.25, 0.3) is 0 Å². The van der Waals surface area contributed by atoms with Gasteiger partial charge in [0.1, 0.15) is 0 Å². The lowest BCUT2D eigenvalue weighted by Gasteiger charge is -2.36. The van der Waals surface area contributed by atoms with Gasteiger partial charge < -0.3 is 14.2 Å². The Kier molecular flexibility index (Phi) is 9.66. The van der Waals surface area contributed by atoms with Crippen LogP contribution in [-0.2, 0) is 30.4 Å². The first-order valence-electron chi connectivity index (χ1n) is 10.0. The van der Waals surface area contributed by atoms with E-state index in [9.17, 15) is 9.59 Å². The molecule has 5 heteroatoms. The molecule has 0 amide bonds. The summed E-state index contributed by atoms with van der Waals surface area (Å²) in [5, 5.41) is 0. The van der Waals surface area contributed by atoms with Gasteiger partial charge in [0.05, 0.1) is 26.4 Å². The monoisotopic (exact) mass is 392 g/mol. The minimum Gasteiger partial charge on any atom is -0.465 e. The Hall–Kier alpha value is -1.88. The van der Waals surface area contributed by atoms with Crippen LogP contribution in [0.2, 0.25) is 0 Å². The molecule has 0 saturated heterocycles. The fourth-order valence-electron chi connectivity index (χ4n) is 3.74. The molecule has 0 atom stereocenters. The van der Waals surface area contributed by atoms with E-state index in [1.807, 2.05) is 30.3 Å². The van der Waals surface area contributed by atoms with Crippen LogP contribution in [-0.4, -0.2) is 31.8 Å². The zero-order valence-electron chi connectivity index (χ0n) is 18.2. The number of carbonyl (C=O) groups excluding carboxylic acids is 2. The number of carbonyl (C=O) groups is 2. The molecule has 1 aromatic carbocycles. The van der Waals surface area contributed by atoms with Gasteiger partial charge in [0.2, 0.25) is 0 Å². The van der Waals surface area contributed by atoms with Crippen molar-refractivity contribution >= 4 is 11.9 Å². The van der Waals surface area contributed by atoms with Gasteiger partial charge in [0.15, 0.2) is 5.92 Å². The summed E-state index contributed by atoms with van der Waals surface area (Å²) in [6.07, 6.45) is 1.18. The van der Waals surface area contributed by atoms with Crippen LogP contribution < -0.4 is 0 Å². The van der Waals surface area contributed by atoms with Crippen molar-refractivity contribution in [3.05, 3.63) is 35.9 Å². The summed E-state index contributed by atoms with van der Waals surface area (Å²) in [4.78, 5) is 24.6. The first-order valence-corrected chi connectivity index (χ1v) is 10.0. The smallest absolute Gasteiger partial charge is 0.320 e. The van der Waals surface area contributed by atoms with Crippen LogP contribution in [0.15, 0.2) is 30.3 Å². The van der Waals surface area contributed by atoms with Crippen LogP contribution in [0.5, 0.6) is 0 Å². The van der Waals surface area contributed by atoms with E-state index in [2.05, 4.69) is 27.7 Å². The number of rotatable bonds is 12. The summed E-state index contributed by atoms with van der Waals surface area (Å²) in [7, 11) is 0. The Morgan fingerprint density at radius 1 is 0.893 bits per heavy atom. The summed E-state index contributed by atoms with van der Waals surface area (Å²) in [6.45, 7) is 13.5. The Bertz CT molecular complexity index is 589. The maximum atomic E-state index is 12.3. The van der Waals surface area contributed by atoms with E-state index in [4.69, 9.17) is 14.2 Å². The highest BCUT2D eigenvalue weighted by atomic mass is 16.6. The molecule has 0 saturated carbocycles. The first-order chi connectivity index (χ1) is 13.1. The number of benzene rings is 1. The molecule has 0 radical (unpaired) electrons. The number of hydrogen-bond acceptors (Lipinski definition) is 5. The Morgan fingerprint density at radius 3 is 1.93 bits per heavy atom. The van der Waals surface area contributed by atoms with E-state index >= 15 is 0 Å². The summed E-state index contributed by atoms with van der Waals surface area (Å²) < 4.78 is 16.1. The minimum atomic E-state index is -0.893. The van der Waals surface area contributed by atoms with Crippen molar-refractivity contribution < 1.29 is 23.8 Å². The molecular weight excluding hydrogens is 356 g/mol. The average Bonchev–Trinajstić information content (AvgIpc) is 2.60. The van der Waals surface area contributed by atoms with Crippen LogP contribution in [0, 0.1) is 16.7 Å². The third-order valence-electron chi connectivity index (χ3n) is 4.46. The SMILES string of the molecule is CCOC(=O)C(CC(C)(C)CC(C)(C)COCc1ccccc1)C(=O)OCC. The largest absolute Gasteiger partial charge is 0.465 e. The maximum absolute atomic E-state index is 12.3. The predicted molar refractivity (Wildman–Crippen MR) is 110 cm³/mol. The number of ether oxygens (including phenoxy) is 3. The minimum absolute atomic E-state index is 0.105. The Balaban J connectivity index is 2.68. The number of hydrogen-bond donors (Lipinski definition) is 0. The van der Waals surface area contributed by atoms with E-state index in [0.717, 1.165) is 12.0 Å². The lowest BCUT2D eigenvalue weighted by atomic mass is 9.71. The maximum Gasteiger partial charge on any atom is 0.320 e. The Morgan fingerprint density at radius 2 is 1.43 bits per heavy atom. The molecule has 0 aliphatic heterocycles. The van der Waals surface area contributed by atoms with Crippen LogP contribution in [0.25, 0.3) is 0 Å². The standard InChI is InChI=1S/C23H36O5/c1-7-27-20(24)19(21(25)28-8-2)14-22(3,4)16-23(5,6)17-26-15-18-12-10-9-11-13-18/h9-13,19H,7-8,14-17H2,1-6H3. The van der Waals surface area contributed by atoms with Crippen molar-refractivity contribution in [2.45, 2.75) is 61.0 Å². The third kappa shape index (κ3) is 8.87. The third-order valence-corrected chi connectivity index (χ3v) is 4.46. The van der Waals surface area contributed by atoms with Gasteiger partial charge in [-0.25, -0.2) is 0 Å². The molecule has 0 aliphatic rings. The van der Waals surface area contributed by atoms with Crippen LogP contribution >= 0.6 is 0 Å². The molecule has 158 valence electrons. The summed E-state index contributed by atoms with van der Waals surface area (Å²) in [5.74, 6) is -1.91. The molecule has 28 heavy (non-hydrogen) atoms. The highest BCUT2D eigenvalue weighted by Gasteiger charge is 2.38. The molecular formula is C23H36O5. The van der Waals surface area contributed by atoms with Crippen molar-refractivity contribution in [2.75, 3.05) is 19.8 Å². The summed E-state index contributed by atoms with van der Waals surface area (Å²) >= 11 is 0. The van der Waals surface area contributed by atoms with E-state index in [1.165, 1.54) is 0 Å². The van der Waals surface area contributed by atoms with Gasteiger partial charge in [-0.2, -0.15) is 0 Å². The molecule has 0 bridgehead atoms. The van der Waals surface area contributed by atoms with Crippen LogP contribution in [0.1, 0.15) is 59.9 Å². The first kappa shape index (κ1) is 24.2. The topological polar surface area (TPSA) is 61.8 Å². The molecule has 0 heterocycles. The van der Waals surface area contributed by atoms with Gasteiger partial charge in [0, 0.05) is 0 Å². The fourth-order valence-corrected chi connectivity index (χ4v) is 3.74. The zero-order chi connectivity index (χ0) is 21.2. The van der Waals surface area contributed by atoms with Gasteiger partial charge in [-0.3, -0.25) is 9.59 Å². The van der Waals surface area contributed by atoms with Crippen molar-refractivity contribution in [3.8, 4) is 0 Å². The molecule has 0 aliphatic carbocycles. The zero-order valence-corrected chi connectivity index (χ0v) is 18.2. The molecule has 5 nitrogen and oxygen atoms in total. The lowest BCUT2D eigenvalue weighted by molar-refractivity contribution is -0.163. The molecule has 0 unspecified atom stereocenters. The van der Waals surface area contributed by atoms with E-state index in [-0.39, 0.29) is 24.0 Å². The molecule has 0 fully saturated rings. The van der Waals surface area contributed by atoms with Gasteiger partial charge in [-0.05, 0) is 43.1 Å². The molecule has 0 aromatic heterocycles. The molecule has 0 N–H and O–H groups in total. The van der Waals surface area contributed by atoms with E-state index in [1.54, 1.807) is 13.8 Å². The lowest BCUT2D eigenvalue weighted by Crippen LogP contribution is -2.35. The predicted octanol–water partition coefficient (Wildman–Crippen LogP) is 4.78. The van der Waals surface area contributed by atoms with Crippen LogP contribution in [0.3, 0.4) is 0 Å². The number of esters is 2. The second-order valence-corrected chi connectivity index (χ2v) is 8.74. The summed E-state index contributed by atoms with van der Waals surface area (Å²) in [6, 6.07) is 10.1. The second-order valence-electron chi connectivity index (χ2n) is 8.74. The quantitative estimate of drug-likeness (QED) is 0.378. The Labute approximate surface area is 169 Å². The normalized spacial score (nSPS) is 12.1. The van der Waals surface area contributed by atoms with E-state index in [0.29, 0.717) is 19.6 Å². The highest BCUT2D eigenvalue weighted by molar-refractivity contribution is 5.94. The molecule has 0 spiro atoms. The van der Waals surface area contributed by atoms with Crippen molar-refractivity contribution in [2.24, 2.45) is 16.7 Å². The highest BCUT2D eigenvalue weighted by Crippen LogP contribution is 2.39. The van der Waals surface area contributed by atoms with Gasteiger partial charge in [-0.15, -0.1) is 0 Å². The average molecular weight is 393 g/mol. The fraction of sp³-hybridized carbons (Fsp3) is 0.652. The van der Waals surface area contributed by atoms with Gasteiger partial charge in [-0.1, -0.05) is 58.0 Å².